The number of pyridine rings is 1. The highest BCUT2D eigenvalue weighted by molar-refractivity contribution is 5.72. The smallest absolute Gasteiger partial charge is 0.408 e. The Balaban J connectivity index is 1.77. The number of hydrogen-bond donors (Lipinski definition) is 1. The van der Waals surface area contributed by atoms with Crippen LogP contribution in [0.3, 0.4) is 0 Å². The van der Waals surface area contributed by atoms with Crippen LogP contribution in [0.25, 0.3) is 0 Å². The van der Waals surface area contributed by atoms with Gasteiger partial charge in [0.2, 0.25) is 0 Å². The highest BCUT2D eigenvalue weighted by atomic mass is 19.4. The van der Waals surface area contributed by atoms with Crippen LogP contribution in [-0.2, 0) is 17.1 Å². The van der Waals surface area contributed by atoms with Crippen LogP contribution in [0.15, 0.2) is 0 Å². The zero-order chi connectivity index (χ0) is 21.1. The average Bonchev–Trinajstić information content (AvgIpc) is 2.83. The highest BCUT2D eigenvalue weighted by Crippen LogP contribution is 2.50. The molecule has 11 heteroatoms. The number of hydrogen-bond acceptors (Lipinski definition) is 5. The van der Waals surface area contributed by atoms with Crippen molar-refractivity contribution < 1.29 is 31.9 Å². The number of nitrogens with zero attached hydrogens (tertiary/aromatic N) is 4. The molecule has 0 aromatic carbocycles. The monoisotopic (exact) mass is 416 g/mol. The molecule has 0 amide bonds. The number of rotatable bonds is 4. The maximum atomic E-state index is 14.6. The van der Waals surface area contributed by atoms with Crippen molar-refractivity contribution in [3.63, 3.8) is 0 Å². The Labute approximate surface area is 162 Å². The average molecular weight is 416 g/mol. The molecule has 0 bridgehead atoms. The summed E-state index contributed by atoms with van der Waals surface area (Å²) < 4.78 is 68.9. The molecule has 2 saturated heterocycles. The van der Waals surface area contributed by atoms with E-state index in [4.69, 9.17) is 5.11 Å². The van der Waals surface area contributed by atoms with E-state index in [0.29, 0.717) is 0 Å². The van der Waals surface area contributed by atoms with Crippen LogP contribution >= 0.6 is 0 Å². The van der Waals surface area contributed by atoms with Crippen LogP contribution in [0.5, 0.6) is 0 Å². The maximum absolute atomic E-state index is 14.6. The Kier molecular flexibility index (Phi) is 4.36. The van der Waals surface area contributed by atoms with Crippen molar-refractivity contribution in [1.29, 1.82) is 5.26 Å². The van der Waals surface area contributed by atoms with Crippen LogP contribution in [0.1, 0.15) is 36.0 Å². The van der Waals surface area contributed by atoms with Gasteiger partial charge >= 0.3 is 12.1 Å². The van der Waals surface area contributed by atoms with Crippen molar-refractivity contribution in [2.24, 2.45) is 5.92 Å². The second kappa shape index (κ2) is 6.43. The molecule has 3 heterocycles. The number of fused-ring (bicyclic) bond motifs is 1. The molecule has 0 radical (unpaired) electrons. The van der Waals surface area contributed by atoms with Gasteiger partial charge in [-0.25, -0.2) is 13.8 Å². The Morgan fingerprint density at radius 2 is 2.00 bits per heavy atom. The van der Waals surface area contributed by atoms with Gasteiger partial charge in [0.1, 0.15) is 29.3 Å². The third kappa shape index (κ3) is 3.14. The zero-order valence-electron chi connectivity index (χ0n) is 15.1. The standard InChI is InChI=1S/C18H17F5N4O2/c19-17(20)3-1-10-14(17)11(6-24)16(27-4-2-12(27)18(21,22)23)25-15(10)26-7-9(8-26)5-13(28)29/h9,12H,1-5,7-8H2,(H,28,29)/t12-/m0/s1. The van der Waals surface area contributed by atoms with E-state index in [9.17, 15) is 32.0 Å². The lowest BCUT2D eigenvalue weighted by Gasteiger charge is -2.45. The minimum Gasteiger partial charge on any atom is -0.481 e. The van der Waals surface area contributed by atoms with Crippen LogP contribution in [0.2, 0.25) is 0 Å². The van der Waals surface area contributed by atoms with Crippen LogP contribution < -0.4 is 9.80 Å². The van der Waals surface area contributed by atoms with E-state index in [1.54, 1.807) is 11.0 Å². The van der Waals surface area contributed by atoms with E-state index >= 15 is 0 Å². The molecule has 3 aliphatic rings. The highest BCUT2D eigenvalue weighted by Gasteiger charge is 2.52. The van der Waals surface area contributed by atoms with Gasteiger partial charge in [-0.3, -0.25) is 4.79 Å². The first kappa shape index (κ1) is 19.7. The topological polar surface area (TPSA) is 80.5 Å². The van der Waals surface area contributed by atoms with Crippen molar-refractivity contribution in [2.75, 3.05) is 29.4 Å². The molecular formula is C18H17F5N4O2. The van der Waals surface area contributed by atoms with E-state index in [1.807, 2.05) is 0 Å². The predicted octanol–water partition coefficient (Wildman–Crippen LogP) is 3.04. The molecule has 1 aliphatic carbocycles. The van der Waals surface area contributed by atoms with Crippen molar-refractivity contribution in [3.05, 3.63) is 16.7 Å². The third-order valence-corrected chi connectivity index (χ3v) is 5.81. The fraction of sp³-hybridized carbons (Fsp3) is 0.611. The minimum absolute atomic E-state index is 0.0305. The first-order valence-corrected chi connectivity index (χ1v) is 9.18. The lowest BCUT2D eigenvalue weighted by Crippen LogP contribution is -2.57. The zero-order valence-corrected chi connectivity index (χ0v) is 15.1. The number of nitriles is 1. The number of aromatic nitrogens is 1. The molecule has 1 aromatic rings. The predicted molar refractivity (Wildman–Crippen MR) is 90.9 cm³/mol. The summed E-state index contributed by atoms with van der Waals surface area (Å²) in [7, 11) is 0. The summed E-state index contributed by atoms with van der Waals surface area (Å²) >= 11 is 0. The molecule has 1 N–H and O–H groups in total. The van der Waals surface area contributed by atoms with Gasteiger partial charge in [0.25, 0.3) is 5.92 Å². The van der Waals surface area contributed by atoms with Crippen molar-refractivity contribution in [1.82, 2.24) is 4.98 Å². The van der Waals surface area contributed by atoms with Gasteiger partial charge in [0.15, 0.2) is 0 Å². The summed E-state index contributed by atoms with van der Waals surface area (Å²) in [6.07, 6.45) is -5.41. The molecule has 1 atom stereocenters. The quantitative estimate of drug-likeness (QED) is 0.760. The van der Waals surface area contributed by atoms with Crippen molar-refractivity contribution in [2.45, 2.75) is 43.8 Å². The van der Waals surface area contributed by atoms with Crippen molar-refractivity contribution in [3.8, 4) is 6.07 Å². The fourth-order valence-electron chi connectivity index (χ4n) is 4.32. The lowest BCUT2D eigenvalue weighted by atomic mass is 9.94. The number of aliphatic carboxylic acids is 1. The van der Waals surface area contributed by atoms with E-state index < -0.39 is 41.7 Å². The van der Waals surface area contributed by atoms with Gasteiger partial charge in [0.05, 0.1) is 6.42 Å². The molecular weight excluding hydrogens is 399 g/mol. The maximum Gasteiger partial charge on any atom is 0.408 e. The Morgan fingerprint density at radius 3 is 2.52 bits per heavy atom. The number of halogens is 5. The van der Waals surface area contributed by atoms with Gasteiger partial charge in [-0.15, -0.1) is 0 Å². The number of carbonyl (C=O) groups is 1. The third-order valence-electron chi connectivity index (χ3n) is 5.81. The summed E-state index contributed by atoms with van der Waals surface area (Å²) in [6, 6.07) is -0.200. The van der Waals surface area contributed by atoms with E-state index in [1.165, 1.54) is 0 Å². The Hall–Kier alpha value is -2.64. The molecule has 0 unspecified atom stereocenters. The molecule has 156 valence electrons. The molecule has 1 aromatic heterocycles. The summed E-state index contributed by atoms with van der Waals surface area (Å²) in [5, 5.41) is 18.4. The largest absolute Gasteiger partial charge is 0.481 e. The van der Waals surface area contributed by atoms with Crippen LogP contribution in [-0.4, -0.2) is 47.9 Å². The van der Waals surface area contributed by atoms with Gasteiger partial charge in [-0.05, 0) is 12.8 Å². The van der Waals surface area contributed by atoms with Gasteiger partial charge < -0.3 is 14.9 Å². The molecule has 0 saturated carbocycles. The molecule has 0 spiro atoms. The number of carboxylic acids is 1. The Bertz CT molecular complexity index is 905. The summed E-state index contributed by atoms with van der Waals surface area (Å²) in [4.78, 5) is 17.6. The number of carboxylic acid groups (broad SMARTS) is 1. The molecule has 4 rings (SSSR count). The second-order valence-corrected chi connectivity index (χ2v) is 7.71. The van der Waals surface area contributed by atoms with E-state index in [0.717, 1.165) is 4.90 Å². The van der Waals surface area contributed by atoms with Gasteiger partial charge in [-0.1, -0.05) is 0 Å². The SMILES string of the molecule is N#Cc1c(N2CC[C@H]2C(F)(F)F)nc(N2CC(CC(=O)O)C2)c2c1C(F)(F)CC2. The summed E-state index contributed by atoms with van der Waals surface area (Å²) in [5.74, 6) is -4.71. The number of anilines is 2. The molecule has 2 aliphatic heterocycles. The van der Waals surface area contributed by atoms with E-state index in [-0.39, 0.29) is 62.0 Å². The lowest BCUT2D eigenvalue weighted by molar-refractivity contribution is -0.159. The first-order valence-electron chi connectivity index (χ1n) is 9.18. The van der Waals surface area contributed by atoms with Gasteiger partial charge in [-0.2, -0.15) is 18.4 Å². The second-order valence-electron chi connectivity index (χ2n) is 7.71. The van der Waals surface area contributed by atoms with E-state index in [2.05, 4.69) is 4.98 Å². The molecule has 2 fully saturated rings. The first-order chi connectivity index (χ1) is 13.5. The fourth-order valence-corrected chi connectivity index (χ4v) is 4.32. The Morgan fingerprint density at radius 1 is 1.31 bits per heavy atom. The van der Waals surface area contributed by atoms with Gasteiger partial charge in [0, 0.05) is 43.1 Å². The van der Waals surface area contributed by atoms with Crippen molar-refractivity contribution >= 4 is 17.6 Å². The normalized spacial score (nSPS) is 23.2. The molecule has 29 heavy (non-hydrogen) atoms. The number of alkyl halides is 5. The van der Waals surface area contributed by atoms with Crippen LogP contribution in [0.4, 0.5) is 33.6 Å². The summed E-state index contributed by atoms with van der Waals surface area (Å²) in [5.41, 5.74) is -0.856. The summed E-state index contributed by atoms with van der Waals surface area (Å²) in [6.45, 7) is 0.508. The molecule has 6 nitrogen and oxygen atoms in total. The minimum atomic E-state index is -4.56. The van der Waals surface area contributed by atoms with Crippen LogP contribution in [0, 0.1) is 17.2 Å².